The Balaban J connectivity index is 0.00000137. The summed E-state index contributed by atoms with van der Waals surface area (Å²) < 4.78 is 8.02. The molecule has 3 heteroatoms. The highest BCUT2D eigenvalue weighted by Crippen LogP contribution is 2.27. The van der Waals surface area contributed by atoms with Crippen molar-refractivity contribution >= 4 is 15.9 Å². The van der Waals surface area contributed by atoms with Gasteiger partial charge in [0.15, 0.2) is 0 Å². The minimum absolute atomic E-state index is 0.220. The summed E-state index contributed by atoms with van der Waals surface area (Å²) in [4.78, 5) is 0. The maximum absolute atomic E-state index is 5.78. The predicted octanol–water partition coefficient (Wildman–Crippen LogP) is 5.08. The average Bonchev–Trinajstić information content (AvgIpc) is 2.65. The Hall–Kier alpha value is -0.700. The summed E-state index contributed by atoms with van der Waals surface area (Å²) in [6, 6.07) is 0. The fraction of sp³-hybridized carbons (Fsp3) is 0.600. The third-order valence-electron chi connectivity index (χ3n) is 2.49. The standard InChI is InChI=1S/C13H20BrNO.C2H6/c1-5-6-7-15-9-13(16-10(2)3)11(4)12(15)8-14;1-2/h5,9-10H,1,6-8H2,2-4H3;1-2H3. The molecule has 0 spiro atoms. The molecule has 0 aliphatic carbocycles. The Labute approximate surface area is 120 Å². The van der Waals surface area contributed by atoms with Crippen molar-refractivity contribution in [3.05, 3.63) is 30.1 Å². The number of alkyl halides is 1. The molecule has 1 aromatic rings. The molecule has 0 unspecified atom stereocenters. The van der Waals surface area contributed by atoms with Crippen LogP contribution in [0.15, 0.2) is 18.9 Å². The Morgan fingerprint density at radius 3 is 2.50 bits per heavy atom. The summed E-state index contributed by atoms with van der Waals surface area (Å²) >= 11 is 3.53. The van der Waals surface area contributed by atoms with Crippen molar-refractivity contribution in [2.75, 3.05) is 0 Å². The molecule has 1 aromatic heterocycles. The van der Waals surface area contributed by atoms with Gasteiger partial charge in [0.05, 0.1) is 6.10 Å². The minimum Gasteiger partial charge on any atom is -0.489 e. The molecule has 0 fully saturated rings. The van der Waals surface area contributed by atoms with E-state index in [0.717, 1.165) is 24.0 Å². The maximum Gasteiger partial charge on any atom is 0.140 e. The third kappa shape index (κ3) is 4.89. The van der Waals surface area contributed by atoms with E-state index < -0.39 is 0 Å². The van der Waals surface area contributed by atoms with Gasteiger partial charge in [0.25, 0.3) is 0 Å². The van der Waals surface area contributed by atoms with E-state index in [1.165, 1.54) is 11.3 Å². The number of hydrogen-bond acceptors (Lipinski definition) is 1. The van der Waals surface area contributed by atoms with Gasteiger partial charge in [0.1, 0.15) is 5.75 Å². The van der Waals surface area contributed by atoms with Crippen molar-refractivity contribution in [1.29, 1.82) is 0 Å². The molecular weight excluding hydrogens is 290 g/mol. The number of nitrogens with zero attached hydrogens (tertiary/aromatic N) is 1. The molecule has 18 heavy (non-hydrogen) atoms. The van der Waals surface area contributed by atoms with Crippen molar-refractivity contribution in [3.63, 3.8) is 0 Å². The van der Waals surface area contributed by atoms with Crippen LogP contribution < -0.4 is 4.74 Å². The van der Waals surface area contributed by atoms with Crippen LogP contribution >= 0.6 is 15.9 Å². The van der Waals surface area contributed by atoms with Crippen LogP contribution in [0.25, 0.3) is 0 Å². The molecular formula is C15H26BrNO. The molecule has 0 atom stereocenters. The first-order valence-electron chi connectivity index (χ1n) is 6.62. The zero-order valence-electron chi connectivity index (χ0n) is 12.3. The zero-order chi connectivity index (χ0) is 14.1. The number of aromatic nitrogens is 1. The van der Waals surface area contributed by atoms with Gasteiger partial charge in [-0.1, -0.05) is 35.9 Å². The van der Waals surface area contributed by atoms with E-state index in [1.54, 1.807) is 0 Å². The van der Waals surface area contributed by atoms with Gasteiger partial charge < -0.3 is 9.30 Å². The zero-order valence-corrected chi connectivity index (χ0v) is 13.9. The quantitative estimate of drug-likeness (QED) is 0.527. The third-order valence-corrected chi connectivity index (χ3v) is 3.02. The lowest BCUT2D eigenvalue weighted by molar-refractivity contribution is 0.240. The molecule has 0 amide bonds. The van der Waals surface area contributed by atoms with Gasteiger partial charge in [0.2, 0.25) is 0 Å². The molecule has 0 bridgehead atoms. The van der Waals surface area contributed by atoms with Crippen LogP contribution in [0.3, 0.4) is 0 Å². The summed E-state index contributed by atoms with van der Waals surface area (Å²) in [5.74, 6) is 0.994. The molecule has 2 nitrogen and oxygen atoms in total. The van der Waals surface area contributed by atoms with E-state index in [0.29, 0.717) is 0 Å². The van der Waals surface area contributed by atoms with Crippen LogP contribution in [-0.4, -0.2) is 10.7 Å². The van der Waals surface area contributed by atoms with E-state index in [1.807, 2.05) is 33.8 Å². The molecule has 0 aromatic carbocycles. The summed E-state index contributed by atoms with van der Waals surface area (Å²) in [5, 5.41) is 0.859. The predicted molar refractivity (Wildman–Crippen MR) is 83.7 cm³/mol. The van der Waals surface area contributed by atoms with Gasteiger partial charge in [-0.25, -0.2) is 0 Å². The molecule has 0 aliphatic heterocycles. The highest BCUT2D eigenvalue weighted by Gasteiger charge is 2.12. The van der Waals surface area contributed by atoms with Gasteiger partial charge in [-0.15, -0.1) is 6.58 Å². The fourth-order valence-corrected chi connectivity index (χ4v) is 2.40. The lowest BCUT2D eigenvalue weighted by Gasteiger charge is -2.08. The monoisotopic (exact) mass is 315 g/mol. The van der Waals surface area contributed by atoms with Crippen molar-refractivity contribution in [3.8, 4) is 5.75 Å². The van der Waals surface area contributed by atoms with Crippen LogP contribution in [0.4, 0.5) is 0 Å². The van der Waals surface area contributed by atoms with E-state index in [9.17, 15) is 0 Å². The van der Waals surface area contributed by atoms with E-state index in [-0.39, 0.29) is 6.10 Å². The largest absolute Gasteiger partial charge is 0.489 e. The van der Waals surface area contributed by atoms with Crippen molar-refractivity contribution in [2.45, 2.75) is 59.0 Å². The van der Waals surface area contributed by atoms with Crippen LogP contribution in [0.1, 0.15) is 45.4 Å². The summed E-state index contributed by atoms with van der Waals surface area (Å²) in [6.45, 7) is 14.9. The fourth-order valence-electron chi connectivity index (χ4n) is 1.65. The van der Waals surface area contributed by atoms with Gasteiger partial charge in [-0.3, -0.25) is 0 Å². The SMILES string of the molecule is C=CCCn1cc(OC(C)C)c(C)c1CBr.CC. The molecule has 0 radical (unpaired) electrons. The number of halogens is 1. The second kappa shape index (κ2) is 9.26. The molecule has 0 saturated heterocycles. The smallest absolute Gasteiger partial charge is 0.140 e. The first-order valence-corrected chi connectivity index (χ1v) is 7.74. The normalized spacial score (nSPS) is 9.94. The van der Waals surface area contributed by atoms with Crippen LogP contribution in [0.5, 0.6) is 5.75 Å². The number of rotatable bonds is 6. The van der Waals surface area contributed by atoms with Crippen molar-refractivity contribution in [1.82, 2.24) is 4.57 Å². The highest BCUT2D eigenvalue weighted by atomic mass is 79.9. The number of allylic oxidation sites excluding steroid dienone is 1. The lowest BCUT2D eigenvalue weighted by Crippen LogP contribution is -2.05. The summed E-state index contributed by atoms with van der Waals surface area (Å²) in [5.41, 5.74) is 2.52. The van der Waals surface area contributed by atoms with E-state index in [4.69, 9.17) is 4.74 Å². The van der Waals surface area contributed by atoms with Gasteiger partial charge in [-0.2, -0.15) is 0 Å². The number of ether oxygens (including phenoxy) is 1. The first-order chi connectivity index (χ1) is 8.60. The van der Waals surface area contributed by atoms with Crippen molar-refractivity contribution in [2.24, 2.45) is 0 Å². The van der Waals surface area contributed by atoms with Crippen LogP contribution in [0, 0.1) is 6.92 Å². The van der Waals surface area contributed by atoms with Gasteiger partial charge in [-0.05, 0) is 27.2 Å². The molecule has 1 heterocycles. The average molecular weight is 316 g/mol. The topological polar surface area (TPSA) is 14.2 Å². The van der Waals surface area contributed by atoms with E-state index >= 15 is 0 Å². The maximum atomic E-state index is 5.78. The lowest BCUT2D eigenvalue weighted by atomic mass is 10.2. The number of hydrogen-bond donors (Lipinski definition) is 0. The Morgan fingerprint density at radius 2 is 2.06 bits per heavy atom. The number of aryl methyl sites for hydroxylation is 1. The van der Waals surface area contributed by atoms with Crippen LogP contribution in [-0.2, 0) is 11.9 Å². The Kier molecular flexibility index (Phi) is 8.90. The molecule has 0 saturated carbocycles. The van der Waals surface area contributed by atoms with Crippen LogP contribution in [0.2, 0.25) is 0 Å². The first kappa shape index (κ1) is 17.3. The molecule has 0 aliphatic rings. The second-order valence-electron chi connectivity index (χ2n) is 4.14. The molecule has 104 valence electrons. The highest BCUT2D eigenvalue weighted by molar-refractivity contribution is 9.08. The summed E-state index contributed by atoms with van der Waals surface area (Å²) in [6.07, 6.45) is 5.23. The second-order valence-corrected chi connectivity index (χ2v) is 4.70. The molecule has 1 rings (SSSR count). The summed E-state index contributed by atoms with van der Waals surface area (Å²) in [7, 11) is 0. The van der Waals surface area contributed by atoms with E-state index in [2.05, 4.69) is 40.2 Å². The Morgan fingerprint density at radius 1 is 1.44 bits per heavy atom. The molecule has 0 N–H and O–H groups in total. The Bertz CT molecular complexity index is 356. The van der Waals surface area contributed by atoms with Gasteiger partial charge >= 0.3 is 0 Å². The van der Waals surface area contributed by atoms with Gasteiger partial charge in [0, 0.05) is 29.3 Å². The van der Waals surface area contributed by atoms with Crippen molar-refractivity contribution < 1.29 is 4.74 Å². The minimum atomic E-state index is 0.220.